The molecule has 2 aromatic carbocycles. The van der Waals surface area contributed by atoms with E-state index in [2.05, 4.69) is 0 Å². The molecule has 0 N–H and O–H groups in total. The highest BCUT2D eigenvalue weighted by molar-refractivity contribution is 7.85. The summed E-state index contributed by atoms with van der Waals surface area (Å²) in [5.74, 6) is 2.89. The first-order chi connectivity index (χ1) is 10.1. The lowest BCUT2D eigenvalue weighted by atomic mass is 10.2. The average molecular weight is 304 g/mol. The Bertz CT molecular complexity index is 620. The van der Waals surface area contributed by atoms with Gasteiger partial charge in [0, 0.05) is 10.6 Å². The number of methoxy groups -OCH3 is 1. The summed E-state index contributed by atoms with van der Waals surface area (Å²) in [7, 11) is 0.662. The van der Waals surface area contributed by atoms with E-state index in [-0.39, 0.29) is 0 Å². The maximum absolute atomic E-state index is 12.2. The summed E-state index contributed by atoms with van der Waals surface area (Å²) < 4.78 is 23.1. The molecule has 0 aliphatic carbocycles. The maximum Gasteiger partial charge on any atom is 0.128 e. The molecule has 3 nitrogen and oxygen atoms in total. The SMILES string of the molecule is CCCS(=O)c1cc(Oc2ccc(OC)cc2)ccc1C. The van der Waals surface area contributed by atoms with Crippen LogP contribution in [0.3, 0.4) is 0 Å². The predicted octanol–water partition coefficient (Wildman–Crippen LogP) is 4.31. The molecule has 2 rings (SSSR count). The first kappa shape index (κ1) is 15.6. The first-order valence-corrected chi connectivity index (χ1v) is 8.27. The molecule has 1 atom stereocenters. The van der Waals surface area contributed by atoms with Crippen LogP contribution >= 0.6 is 0 Å². The average Bonchev–Trinajstić information content (AvgIpc) is 2.50. The standard InChI is InChI=1S/C17H20O3S/c1-4-11-21(18)17-12-16(6-5-13(17)2)20-15-9-7-14(19-3)8-10-15/h5-10,12H,4,11H2,1-3H3. The van der Waals surface area contributed by atoms with Crippen molar-refractivity contribution in [3.63, 3.8) is 0 Å². The third-order valence-corrected chi connectivity index (χ3v) is 4.80. The molecule has 4 heteroatoms. The zero-order valence-corrected chi connectivity index (χ0v) is 13.4. The molecule has 0 aliphatic heterocycles. The summed E-state index contributed by atoms with van der Waals surface area (Å²) in [5, 5.41) is 0. The van der Waals surface area contributed by atoms with Crippen molar-refractivity contribution in [2.45, 2.75) is 25.2 Å². The van der Waals surface area contributed by atoms with Crippen LogP contribution in [0.15, 0.2) is 47.4 Å². The smallest absolute Gasteiger partial charge is 0.128 e. The van der Waals surface area contributed by atoms with Crippen LogP contribution in [0.4, 0.5) is 0 Å². The number of hydrogen-bond acceptors (Lipinski definition) is 3. The molecule has 0 radical (unpaired) electrons. The van der Waals surface area contributed by atoms with Gasteiger partial charge >= 0.3 is 0 Å². The lowest BCUT2D eigenvalue weighted by molar-refractivity contribution is 0.413. The molecule has 0 amide bonds. The van der Waals surface area contributed by atoms with E-state index in [0.29, 0.717) is 11.5 Å². The molecule has 0 saturated carbocycles. The van der Waals surface area contributed by atoms with E-state index in [0.717, 1.165) is 28.4 Å². The number of benzene rings is 2. The van der Waals surface area contributed by atoms with Crippen molar-refractivity contribution in [2.24, 2.45) is 0 Å². The molecule has 0 fully saturated rings. The molecule has 0 bridgehead atoms. The van der Waals surface area contributed by atoms with Crippen molar-refractivity contribution in [2.75, 3.05) is 12.9 Å². The number of hydrogen-bond donors (Lipinski definition) is 0. The Morgan fingerprint density at radius 1 is 1.00 bits per heavy atom. The van der Waals surface area contributed by atoms with Crippen molar-refractivity contribution in [3.8, 4) is 17.2 Å². The van der Waals surface area contributed by atoms with Gasteiger partial charge in [0.05, 0.1) is 17.9 Å². The third-order valence-electron chi connectivity index (χ3n) is 3.09. The summed E-state index contributed by atoms with van der Waals surface area (Å²) in [6.45, 7) is 4.00. The monoisotopic (exact) mass is 304 g/mol. The Kier molecular flexibility index (Phi) is 5.39. The minimum atomic E-state index is -0.968. The molecule has 21 heavy (non-hydrogen) atoms. The molecule has 2 aromatic rings. The molecule has 0 heterocycles. The van der Waals surface area contributed by atoms with E-state index in [9.17, 15) is 4.21 Å². The molecule has 0 aliphatic rings. The summed E-state index contributed by atoms with van der Waals surface area (Å²) in [6, 6.07) is 13.1. The van der Waals surface area contributed by atoms with Crippen molar-refractivity contribution >= 4 is 10.8 Å². The predicted molar refractivity (Wildman–Crippen MR) is 85.8 cm³/mol. The van der Waals surface area contributed by atoms with Crippen LogP contribution in [0.2, 0.25) is 0 Å². The van der Waals surface area contributed by atoms with E-state index in [4.69, 9.17) is 9.47 Å². The van der Waals surface area contributed by atoms with E-state index >= 15 is 0 Å². The van der Waals surface area contributed by atoms with Crippen molar-refractivity contribution < 1.29 is 13.7 Å². The third kappa shape index (κ3) is 4.08. The molecular weight excluding hydrogens is 284 g/mol. The summed E-state index contributed by atoms with van der Waals surface area (Å²) >= 11 is 0. The van der Waals surface area contributed by atoms with Crippen LogP contribution in [-0.2, 0) is 10.8 Å². The normalized spacial score (nSPS) is 12.0. The summed E-state index contributed by atoms with van der Waals surface area (Å²) in [4.78, 5) is 0.850. The van der Waals surface area contributed by atoms with Crippen LogP contribution in [0.25, 0.3) is 0 Å². The maximum atomic E-state index is 12.2. The zero-order chi connectivity index (χ0) is 15.2. The van der Waals surface area contributed by atoms with Crippen LogP contribution in [0.5, 0.6) is 17.2 Å². The van der Waals surface area contributed by atoms with Gasteiger partial charge in [0.15, 0.2) is 0 Å². The summed E-state index contributed by atoms with van der Waals surface area (Å²) in [5.41, 5.74) is 1.03. The molecule has 1 unspecified atom stereocenters. The second-order valence-corrected chi connectivity index (χ2v) is 6.29. The van der Waals surface area contributed by atoms with Gasteiger partial charge in [-0.3, -0.25) is 4.21 Å². The Morgan fingerprint density at radius 2 is 1.62 bits per heavy atom. The molecular formula is C17H20O3S. The van der Waals surface area contributed by atoms with Gasteiger partial charge in [-0.15, -0.1) is 0 Å². The van der Waals surface area contributed by atoms with Gasteiger partial charge in [-0.2, -0.15) is 0 Å². The molecule has 0 saturated heterocycles. The van der Waals surface area contributed by atoms with Crippen molar-refractivity contribution in [3.05, 3.63) is 48.0 Å². The first-order valence-electron chi connectivity index (χ1n) is 6.95. The van der Waals surface area contributed by atoms with Gasteiger partial charge in [0.25, 0.3) is 0 Å². The van der Waals surface area contributed by atoms with E-state index in [1.807, 2.05) is 56.3 Å². The van der Waals surface area contributed by atoms with E-state index in [1.165, 1.54) is 0 Å². The highest BCUT2D eigenvalue weighted by atomic mass is 32.2. The Morgan fingerprint density at radius 3 is 2.24 bits per heavy atom. The van der Waals surface area contributed by atoms with Crippen LogP contribution in [0, 0.1) is 6.92 Å². The van der Waals surface area contributed by atoms with Gasteiger partial charge in [-0.1, -0.05) is 13.0 Å². The Labute approximate surface area is 128 Å². The largest absolute Gasteiger partial charge is 0.497 e. The fourth-order valence-corrected chi connectivity index (χ4v) is 3.23. The van der Waals surface area contributed by atoms with Crippen molar-refractivity contribution in [1.82, 2.24) is 0 Å². The van der Waals surface area contributed by atoms with Gasteiger partial charge in [0.1, 0.15) is 17.2 Å². The Hall–Kier alpha value is -1.81. The number of rotatable bonds is 6. The quantitative estimate of drug-likeness (QED) is 0.797. The molecule has 0 spiro atoms. The minimum Gasteiger partial charge on any atom is -0.497 e. The topological polar surface area (TPSA) is 35.5 Å². The van der Waals surface area contributed by atoms with Crippen LogP contribution < -0.4 is 9.47 Å². The van der Waals surface area contributed by atoms with Crippen LogP contribution in [-0.4, -0.2) is 17.1 Å². The van der Waals surface area contributed by atoms with Crippen LogP contribution in [0.1, 0.15) is 18.9 Å². The van der Waals surface area contributed by atoms with Gasteiger partial charge in [0.2, 0.25) is 0 Å². The van der Waals surface area contributed by atoms with Gasteiger partial charge in [-0.25, -0.2) is 0 Å². The second kappa shape index (κ2) is 7.27. The van der Waals surface area contributed by atoms with Gasteiger partial charge in [-0.05, 0) is 55.3 Å². The highest BCUT2D eigenvalue weighted by Gasteiger charge is 2.09. The number of aryl methyl sites for hydroxylation is 1. The second-order valence-electron chi connectivity index (χ2n) is 4.75. The lowest BCUT2D eigenvalue weighted by Crippen LogP contribution is -1.99. The zero-order valence-electron chi connectivity index (χ0n) is 12.6. The Balaban J connectivity index is 2.20. The van der Waals surface area contributed by atoms with Gasteiger partial charge < -0.3 is 9.47 Å². The number of ether oxygens (including phenoxy) is 2. The van der Waals surface area contributed by atoms with E-state index in [1.54, 1.807) is 7.11 Å². The molecule has 112 valence electrons. The van der Waals surface area contributed by atoms with E-state index < -0.39 is 10.8 Å². The van der Waals surface area contributed by atoms with Crippen molar-refractivity contribution in [1.29, 1.82) is 0 Å². The lowest BCUT2D eigenvalue weighted by Gasteiger charge is -2.10. The highest BCUT2D eigenvalue weighted by Crippen LogP contribution is 2.27. The fraction of sp³-hybridized carbons (Fsp3) is 0.294. The fourth-order valence-electron chi connectivity index (χ4n) is 1.96. The summed E-state index contributed by atoms with van der Waals surface area (Å²) in [6.07, 6.45) is 0.898. The minimum absolute atomic E-state index is 0.673. The molecule has 0 aromatic heterocycles.